The number of ether oxygens (including phenoxy) is 1. The molecule has 4 rings (SSSR count). The Labute approximate surface area is 205 Å². The van der Waals surface area contributed by atoms with Crippen LogP contribution in [0.15, 0.2) is 34.1 Å². The summed E-state index contributed by atoms with van der Waals surface area (Å²) in [6.45, 7) is 13.3. The number of anilines is 1. The first kappa shape index (κ1) is 24.3. The van der Waals surface area contributed by atoms with Gasteiger partial charge in [-0.15, -0.1) is 11.3 Å². The number of hydrogen-bond donors (Lipinski definition) is 1. The van der Waals surface area contributed by atoms with E-state index < -0.39 is 5.97 Å². The zero-order valence-electron chi connectivity index (χ0n) is 21.0. The molecule has 0 bridgehead atoms. The topological polar surface area (TPSA) is 68.5 Å². The average Bonchev–Trinajstić information content (AvgIpc) is 3.39. The molecule has 1 N–H and O–H groups in total. The molecule has 3 aromatic rings. The van der Waals surface area contributed by atoms with Crippen molar-refractivity contribution in [3.63, 3.8) is 0 Å². The maximum Gasteiger partial charge on any atom is 0.350 e. The molecule has 2 aromatic heterocycles. The van der Waals surface area contributed by atoms with Gasteiger partial charge in [0, 0.05) is 6.42 Å². The number of esters is 1. The van der Waals surface area contributed by atoms with Crippen LogP contribution in [0, 0.1) is 13.8 Å². The molecule has 2 heterocycles. The summed E-state index contributed by atoms with van der Waals surface area (Å²) in [5.41, 5.74) is 6.89. The molecule has 1 aromatic carbocycles. The van der Waals surface area contributed by atoms with Gasteiger partial charge in [-0.25, -0.2) is 4.79 Å². The summed E-state index contributed by atoms with van der Waals surface area (Å²) in [5, 5.41) is 4.63. The Morgan fingerprint density at radius 1 is 1.03 bits per heavy atom. The number of amides is 1. The molecule has 5 nitrogen and oxygen atoms in total. The molecule has 1 aliphatic rings. The molecule has 1 amide bonds. The van der Waals surface area contributed by atoms with Crippen molar-refractivity contribution in [2.24, 2.45) is 0 Å². The minimum absolute atomic E-state index is 0.136. The predicted octanol–water partition coefficient (Wildman–Crippen LogP) is 6.94. The van der Waals surface area contributed by atoms with E-state index in [1.54, 1.807) is 6.07 Å². The lowest BCUT2D eigenvalue weighted by Gasteiger charge is -2.42. The summed E-state index contributed by atoms with van der Waals surface area (Å²) >= 11 is 1.25. The second kappa shape index (κ2) is 8.73. The Bertz CT molecular complexity index is 1260. The second-order valence-electron chi connectivity index (χ2n) is 10.6. The highest BCUT2D eigenvalue weighted by atomic mass is 32.1. The van der Waals surface area contributed by atoms with Crippen LogP contribution in [0.4, 0.5) is 5.69 Å². The fourth-order valence-corrected chi connectivity index (χ4v) is 5.68. The lowest BCUT2D eigenvalue weighted by atomic mass is 9.62. The number of carbonyl (C=O) groups is 2. The fraction of sp³-hybridized carbons (Fsp3) is 0.429. The molecular formula is C28H33NO4S. The van der Waals surface area contributed by atoms with Gasteiger partial charge in [0.25, 0.3) is 5.91 Å². The van der Waals surface area contributed by atoms with Gasteiger partial charge in [-0.05, 0) is 82.8 Å². The van der Waals surface area contributed by atoms with Gasteiger partial charge in [0.1, 0.15) is 10.6 Å². The Morgan fingerprint density at radius 3 is 2.32 bits per heavy atom. The smallest absolute Gasteiger partial charge is 0.350 e. The molecule has 0 spiro atoms. The summed E-state index contributed by atoms with van der Waals surface area (Å²) in [6.07, 6.45) is 2.97. The van der Waals surface area contributed by atoms with E-state index in [2.05, 4.69) is 52.1 Å². The van der Waals surface area contributed by atoms with Crippen LogP contribution in [-0.2, 0) is 22.0 Å². The molecule has 0 atom stereocenters. The van der Waals surface area contributed by atoms with Crippen LogP contribution in [0.1, 0.15) is 94.3 Å². The first-order chi connectivity index (χ1) is 15.9. The van der Waals surface area contributed by atoms with Crippen LogP contribution in [0.5, 0.6) is 0 Å². The minimum Gasteiger partial charge on any atom is -0.465 e. The van der Waals surface area contributed by atoms with Gasteiger partial charge < -0.3 is 14.5 Å². The highest BCUT2D eigenvalue weighted by Gasteiger charge is 2.37. The number of methoxy groups -OCH3 is 1. The molecule has 34 heavy (non-hydrogen) atoms. The van der Waals surface area contributed by atoms with E-state index in [-0.39, 0.29) is 22.5 Å². The first-order valence-electron chi connectivity index (χ1n) is 11.6. The third-order valence-corrected chi connectivity index (χ3v) is 8.22. The second-order valence-corrected chi connectivity index (χ2v) is 11.5. The quantitative estimate of drug-likeness (QED) is 0.403. The van der Waals surface area contributed by atoms with Crippen LogP contribution in [-0.4, -0.2) is 19.0 Å². The number of fused-ring (bicyclic) bond motifs is 1. The monoisotopic (exact) mass is 479 g/mol. The van der Waals surface area contributed by atoms with Crippen LogP contribution in [0.25, 0.3) is 0 Å². The molecule has 180 valence electrons. The number of nitrogens with one attached hydrogen (secondary N) is 1. The summed E-state index contributed by atoms with van der Waals surface area (Å²) in [5.74, 6) is 0.0928. The molecule has 0 radical (unpaired) electrons. The summed E-state index contributed by atoms with van der Waals surface area (Å²) < 4.78 is 10.8. The minimum atomic E-state index is -0.470. The molecule has 0 unspecified atom stereocenters. The van der Waals surface area contributed by atoms with E-state index in [0.29, 0.717) is 17.0 Å². The fourth-order valence-electron chi connectivity index (χ4n) is 4.76. The molecular weight excluding hydrogens is 446 g/mol. The van der Waals surface area contributed by atoms with Gasteiger partial charge in [0.2, 0.25) is 0 Å². The molecule has 1 aliphatic carbocycles. The number of rotatable bonds is 5. The van der Waals surface area contributed by atoms with E-state index >= 15 is 0 Å². The number of hydrogen-bond acceptors (Lipinski definition) is 5. The number of aryl methyl sites for hydroxylation is 2. The first-order valence-corrected chi connectivity index (χ1v) is 12.5. The van der Waals surface area contributed by atoms with Gasteiger partial charge in [-0.1, -0.05) is 39.8 Å². The van der Waals surface area contributed by atoms with E-state index in [1.807, 2.05) is 18.4 Å². The SMILES string of the molecule is COC(=O)c1scc(C)c1NC(=O)c1ccc(Cc2cc3c(cc2C)C(C)(C)CCC3(C)C)o1. The van der Waals surface area contributed by atoms with Crippen molar-refractivity contribution in [1.29, 1.82) is 0 Å². The number of benzene rings is 1. The lowest BCUT2D eigenvalue weighted by molar-refractivity contribution is 0.0607. The maximum absolute atomic E-state index is 12.9. The molecule has 0 saturated carbocycles. The van der Waals surface area contributed by atoms with Crippen molar-refractivity contribution in [1.82, 2.24) is 0 Å². The van der Waals surface area contributed by atoms with Crippen molar-refractivity contribution in [3.8, 4) is 0 Å². The maximum atomic E-state index is 12.9. The van der Waals surface area contributed by atoms with E-state index in [9.17, 15) is 9.59 Å². The Balaban J connectivity index is 1.57. The predicted molar refractivity (Wildman–Crippen MR) is 136 cm³/mol. The van der Waals surface area contributed by atoms with E-state index in [0.717, 1.165) is 17.7 Å². The van der Waals surface area contributed by atoms with Gasteiger partial charge in [0.05, 0.1) is 12.8 Å². The Morgan fingerprint density at radius 2 is 1.68 bits per heavy atom. The van der Waals surface area contributed by atoms with Crippen LogP contribution >= 0.6 is 11.3 Å². The van der Waals surface area contributed by atoms with Crippen LogP contribution < -0.4 is 5.32 Å². The van der Waals surface area contributed by atoms with Gasteiger partial charge >= 0.3 is 5.97 Å². The Kier molecular flexibility index (Phi) is 6.23. The van der Waals surface area contributed by atoms with Gasteiger partial charge in [-0.3, -0.25) is 4.79 Å². The highest BCUT2D eigenvalue weighted by molar-refractivity contribution is 7.12. The molecule has 0 fully saturated rings. The Hall–Kier alpha value is -2.86. The molecule has 0 aliphatic heterocycles. The zero-order valence-corrected chi connectivity index (χ0v) is 21.9. The number of carbonyl (C=O) groups excluding carboxylic acids is 2. The van der Waals surface area contributed by atoms with Gasteiger partial charge in [-0.2, -0.15) is 0 Å². The highest BCUT2D eigenvalue weighted by Crippen LogP contribution is 2.46. The molecule has 6 heteroatoms. The normalized spacial score (nSPS) is 16.1. The van der Waals surface area contributed by atoms with Crippen molar-refractivity contribution < 1.29 is 18.7 Å². The number of furan rings is 1. The van der Waals surface area contributed by atoms with Gasteiger partial charge in [0.15, 0.2) is 5.76 Å². The summed E-state index contributed by atoms with van der Waals surface area (Å²) in [4.78, 5) is 25.2. The zero-order chi connectivity index (χ0) is 24.8. The van der Waals surface area contributed by atoms with E-state index in [4.69, 9.17) is 9.15 Å². The van der Waals surface area contributed by atoms with Crippen molar-refractivity contribution in [2.75, 3.05) is 12.4 Å². The standard InChI is InChI=1S/C28H33NO4S/c1-16-12-20-21(28(5,6)11-10-27(20,3)4)14-18(16)13-19-8-9-22(33-19)25(30)29-23-17(2)15-34-24(23)26(31)32-7/h8-9,12,14-15H,10-11,13H2,1-7H3,(H,29,30). The van der Waals surface area contributed by atoms with E-state index in [1.165, 1.54) is 47.1 Å². The van der Waals surface area contributed by atoms with Crippen LogP contribution in [0.3, 0.4) is 0 Å². The number of thiophene rings is 1. The van der Waals surface area contributed by atoms with Crippen LogP contribution in [0.2, 0.25) is 0 Å². The lowest BCUT2D eigenvalue weighted by Crippen LogP contribution is -2.34. The van der Waals surface area contributed by atoms with Crippen molar-refractivity contribution in [2.45, 2.75) is 71.6 Å². The summed E-state index contributed by atoms with van der Waals surface area (Å²) in [6, 6.07) is 8.22. The van der Waals surface area contributed by atoms with Crippen molar-refractivity contribution >= 4 is 28.9 Å². The van der Waals surface area contributed by atoms with Crippen molar-refractivity contribution in [3.05, 3.63) is 73.9 Å². The summed E-state index contributed by atoms with van der Waals surface area (Å²) in [7, 11) is 1.33. The average molecular weight is 480 g/mol. The third-order valence-electron chi connectivity index (χ3n) is 7.14. The largest absolute Gasteiger partial charge is 0.465 e. The third kappa shape index (κ3) is 4.43. The molecule has 0 saturated heterocycles.